The van der Waals surface area contributed by atoms with Crippen LogP contribution in [0.3, 0.4) is 0 Å². The standard InChI is InChI=1S/C12H16N2O3/c1-3-4-9-5-6-10(11(7-9)16-2)17-8-12(15)14-13/h3-7H,8,13H2,1-2H3,(H,14,15)/b4-3-. The average Bonchev–Trinajstić information content (AvgIpc) is 2.36. The summed E-state index contributed by atoms with van der Waals surface area (Å²) in [5.74, 6) is 5.63. The van der Waals surface area contributed by atoms with Gasteiger partial charge in [-0.2, -0.15) is 0 Å². The van der Waals surface area contributed by atoms with Gasteiger partial charge in [0.25, 0.3) is 5.91 Å². The maximum absolute atomic E-state index is 10.9. The van der Waals surface area contributed by atoms with Crippen LogP contribution in [0, 0.1) is 0 Å². The second kappa shape index (κ2) is 6.55. The summed E-state index contributed by atoms with van der Waals surface area (Å²) in [6.07, 6.45) is 3.87. The highest BCUT2D eigenvalue weighted by Crippen LogP contribution is 2.28. The quantitative estimate of drug-likeness (QED) is 0.456. The summed E-state index contributed by atoms with van der Waals surface area (Å²) in [7, 11) is 1.55. The molecule has 5 heteroatoms. The molecule has 0 aromatic heterocycles. The van der Waals surface area contributed by atoms with Crippen LogP contribution in [0.25, 0.3) is 6.08 Å². The Labute approximate surface area is 100 Å². The van der Waals surface area contributed by atoms with Crippen molar-refractivity contribution in [3.05, 3.63) is 29.8 Å². The molecule has 0 saturated carbocycles. The first-order valence-corrected chi connectivity index (χ1v) is 5.14. The van der Waals surface area contributed by atoms with Crippen molar-refractivity contribution < 1.29 is 14.3 Å². The molecule has 0 aliphatic heterocycles. The van der Waals surface area contributed by atoms with E-state index in [0.717, 1.165) is 5.56 Å². The zero-order valence-electron chi connectivity index (χ0n) is 9.90. The van der Waals surface area contributed by atoms with E-state index in [1.807, 2.05) is 36.6 Å². The van der Waals surface area contributed by atoms with Crippen LogP contribution in [-0.4, -0.2) is 19.6 Å². The van der Waals surface area contributed by atoms with E-state index in [0.29, 0.717) is 11.5 Å². The zero-order chi connectivity index (χ0) is 12.7. The van der Waals surface area contributed by atoms with Crippen LogP contribution in [0.4, 0.5) is 0 Å². The monoisotopic (exact) mass is 236 g/mol. The van der Waals surface area contributed by atoms with Crippen molar-refractivity contribution >= 4 is 12.0 Å². The lowest BCUT2D eigenvalue weighted by Crippen LogP contribution is -2.34. The molecule has 0 bridgehead atoms. The number of nitrogens with one attached hydrogen (secondary N) is 1. The van der Waals surface area contributed by atoms with Gasteiger partial charge in [0.2, 0.25) is 0 Å². The molecule has 5 nitrogen and oxygen atoms in total. The largest absolute Gasteiger partial charge is 0.493 e. The second-order valence-electron chi connectivity index (χ2n) is 3.27. The van der Waals surface area contributed by atoms with Crippen LogP contribution in [0.5, 0.6) is 11.5 Å². The number of nitrogens with two attached hydrogens (primary N) is 1. The molecule has 92 valence electrons. The van der Waals surface area contributed by atoms with E-state index in [2.05, 4.69) is 0 Å². The summed E-state index contributed by atoms with van der Waals surface area (Å²) in [6.45, 7) is 1.79. The molecule has 1 aromatic rings. The van der Waals surface area contributed by atoms with Crippen molar-refractivity contribution in [2.24, 2.45) is 5.84 Å². The molecule has 0 radical (unpaired) electrons. The Morgan fingerprint density at radius 3 is 2.82 bits per heavy atom. The Morgan fingerprint density at radius 1 is 1.47 bits per heavy atom. The number of hydrogen-bond acceptors (Lipinski definition) is 4. The van der Waals surface area contributed by atoms with E-state index in [4.69, 9.17) is 15.3 Å². The molecule has 1 amide bonds. The van der Waals surface area contributed by atoms with Gasteiger partial charge in [0.05, 0.1) is 7.11 Å². The minimum Gasteiger partial charge on any atom is -0.493 e. The molecule has 0 spiro atoms. The van der Waals surface area contributed by atoms with E-state index in [1.54, 1.807) is 13.2 Å². The smallest absolute Gasteiger partial charge is 0.271 e. The number of allylic oxidation sites excluding steroid dienone is 1. The summed E-state index contributed by atoms with van der Waals surface area (Å²) >= 11 is 0. The van der Waals surface area contributed by atoms with Crippen molar-refractivity contribution in [2.75, 3.05) is 13.7 Å². The molecule has 0 saturated heterocycles. The molecule has 0 atom stereocenters. The Kier molecular flexibility index (Phi) is 5.03. The van der Waals surface area contributed by atoms with Crippen LogP contribution in [0.15, 0.2) is 24.3 Å². The van der Waals surface area contributed by atoms with E-state index in [1.165, 1.54) is 0 Å². The molecule has 1 rings (SSSR count). The third kappa shape index (κ3) is 3.81. The van der Waals surface area contributed by atoms with Gasteiger partial charge in [-0.25, -0.2) is 5.84 Å². The molecule has 0 unspecified atom stereocenters. The van der Waals surface area contributed by atoms with Gasteiger partial charge in [0.1, 0.15) is 0 Å². The van der Waals surface area contributed by atoms with Crippen LogP contribution in [0.2, 0.25) is 0 Å². The van der Waals surface area contributed by atoms with Crippen LogP contribution >= 0.6 is 0 Å². The maximum atomic E-state index is 10.9. The third-order valence-electron chi connectivity index (χ3n) is 2.07. The van der Waals surface area contributed by atoms with Crippen LogP contribution in [0.1, 0.15) is 12.5 Å². The van der Waals surface area contributed by atoms with Gasteiger partial charge in [-0.1, -0.05) is 18.2 Å². The molecule has 1 aromatic carbocycles. The third-order valence-corrected chi connectivity index (χ3v) is 2.07. The number of amides is 1. The zero-order valence-corrected chi connectivity index (χ0v) is 9.90. The average molecular weight is 236 g/mol. The van der Waals surface area contributed by atoms with Gasteiger partial charge in [-0.3, -0.25) is 10.2 Å². The van der Waals surface area contributed by atoms with E-state index in [-0.39, 0.29) is 6.61 Å². The van der Waals surface area contributed by atoms with Gasteiger partial charge < -0.3 is 9.47 Å². The molecule has 3 N–H and O–H groups in total. The number of hydrogen-bond donors (Lipinski definition) is 2. The van der Waals surface area contributed by atoms with Crippen molar-refractivity contribution in [1.82, 2.24) is 5.43 Å². The first-order valence-electron chi connectivity index (χ1n) is 5.14. The van der Waals surface area contributed by atoms with Crippen molar-refractivity contribution in [1.29, 1.82) is 0 Å². The predicted octanol–water partition coefficient (Wildman–Crippen LogP) is 1.10. The molecule has 0 fully saturated rings. The Hall–Kier alpha value is -2.01. The maximum Gasteiger partial charge on any atom is 0.271 e. The Bertz CT molecular complexity index is 416. The highest BCUT2D eigenvalue weighted by Gasteiger charge is 2.06. The van der Waals surface area contributed by atoms with E-state index < -0.39 is 5.91 Å². The first kappa shape index (κ1) is 13.1. The lowest BCUT2D eigenvalue weighted by atomic mass is 10.2. The summed E-state index contributed by atoms with van der Waals surface area (Å²) in [5.41, 5.74) is 2.99. The molecular weight excluding hydrogens is 220 g/mol. The lowest BCUT2D eigenvalue weighted by Gasteiger charge is -2.10. The molecule has 0 heterocycles. The van der Waals surface area contributed by atoms with Crippen LogP contribution < -0.4 is 20.7 Å². The van der Waals surface area contributed by atoms with E-state index in [9.17, 15) is 4.79 Å². The summed E-state index contributed by atoms with van der Waals surface area (Å²) in [5, 5.41) is 0. The first-order chi connectivity index (χ1) is 8.21. The molecular formula is C12H16N2O3. The number of carbonyl (C=O) groups is 1. The predicted molar refractivity (Wildman–Crippen MR) is 65.5 cm³/mol. The van der Waals surface area contributed by atoms with Gasteiger partial charge in [-0.05, 0) is 24.6 Å². The number of hydrazine groups is 1. The summed E-state index contributed by atoms with van der Waals surface area (Å²) in [4.78, 5) is 10.9. The molecule has 0 aliphatic rings. The number of benzene rings is 1. The second-order valence-corrected chi connectivity index (χ2v) is 3.27. The topological polar surface area (TPSA) is 73.6 Å². The minimum atomic E-state index is -0.399. The van der Waals surface area contributed by atoms with Gasteiger partial charge in [0.15, 0.2) is 18.1 Å². The van der Waals surface area contributed by atoms with Crippen molar-refractivity contribution in [2.45, 2.75) is 6.92 Å². The Morgan fingerprint density at radius 2 is 2.24 bits per heavy atom. The highest BCUT2D eigenvalue weighted by molar-refractivity contribution is 5.76. The normalized spacial score (nSPS) is 10.3. The fourth-order valence-electron chi connectivity index (χ4n) is 1.28. The SMILES string of the molecule is C/C=C\c1ccc(OCC(=O)NN)c(OC)c1. The van der Waals surface area contributed by atoms with Crippen LogP contribution in [-0.2, 0) is 4.79 Å². The number of rotatable bonds is 5. The lowest BCUT2D eigenvalue weighted by molar-refractivity contribution is -0.123. The Balaban J connectivity index is 2.81. The number of carbonyl (C=O) groups excluding carboxylic acids is 1. The van der Waals surface area contributed by atoms with Gasteiger partial charge >= 0.3 is 0 Å². The van der Waals surface area contributed by atoms with Crippen molar-refractivity contribution in [3.8, 4) is 11.5 Å². The van der Waals surface area contributed by atoms with Crippen molar-refractivity contribution in [3.63, 3.8) is 0 Å². The van der Waals surface area contributed by atoms with Gasteiger partial charge in [-0.15, -0.1) is 0 Å². The summed E-state index contributed by atoms with van der Waals surface area (Å²) in [6, 6.07) is 5.45. The van der Waals surface area contributed by atoms with E-state index >= 15 is 0 Å². The number of ether oxygens (including phenoxy) is 2. The summed E-state index contributed by atoms with van der Waals surface area (Å²) < 4.78 is 10.4. The molecule has 0 aliphatic carbocycles. The molecule has 17 heavy (non-hydrogen) atoms. The fraction of sp³-hybridized carbons (Fsp3) is 0.250. The fourth-order valence-corrected chi connectivity index (χ4v) is 1.28. The minimum absolute atomic E-state index is 0.143. The highest BCUT2D eigenvalue weighted by atomic mass is 16.5. The van der Waals surface area contributed by atoms with Gasteiger partial charge in [0, 0.05) is 0 Å². The number of methoxy groups -OCH3 is 1.